The van der Waals surface area contributed by atoms with Crippen LogP contribution in [0.2, 0.25) is 0 Å². The van der Waals surface area contributed by atoms with E-state index in [0.717, 1.165) is 18.7 Å². The number of nitrogens with one attached hydrogen (secondary N) is 1. The summed E-state index contributed by atoms with van der Waals surface area (Å²) >= 11 is 1.51. The maximum absolute atomic E-state index is 8.78. The Morgan fingerprint density at radius 1 is 1.83 bits per heavy atom. The molecule has 1 N–H and O–H groups in total. The average molecular weight is 181 g/mol. The van der Waals surface area contributed by atoms with Crippen LogP contribution in [0.15, 0.2) is 10.9 Å². The molecule has 0 amide bonds. The SMILES string of the molecule is CCCNC(C#N)c1cscn1. The van der Waals surface area contributed by atoms with Crippen LogP contribution in [0.25, 0.3) is 0 Å². The van der Waals surface area contributed by atoms with E-state index in [4.69, 9.17) is 5.26 Å². The van der Waals surface area contributed by atoms with Crippen LogP contribution in [0, 0.1) is 11.3 Å². The largest absolute Gasteiger partial charge is 0.297 e. The molecule has 3 nitrogen and oxygen atoms in total. The highest BCUT2D eigenvalue weighted by Gasteiger charge is 2.09. The Labute approximate surface area is 76.1 Å². The second kappa shape index (κ2) is 4.86. The third-order valence-electron chi connectivity index (χ3n) is 1.47. The van der Waals surface area contributed by atoms with Crippen molar-refractivity contribution in [3.05, 3.63) is 16.6 Å². The molecule has 1 atom stereocenters. The highest BCUT2D eigenvalue weighted by Crippen LogP contribution is 2.11. The summed E-state index contributed by atoms with van der Waals surface area (Å²) in [5, 5.41) is 13.8. The summed E-state index contributed by atoms with van der Waals surface area (Å²) in [4.78, 5) is 4.07. The fourth-order valence-electron chi connectivity index (χ4n) is 0.869. The van der Waals surface area contributed by atoms with Crippen LogP contribution >= 0.6 is 11.3 Å². The van der Waals surface area contributed by atoms with Crippen LogP contribution in [-0.4, -0.2) is 11.5 Å². The van der Waals surface area contributed by atoms with E-state index >= 15 is 0 Å². The number of hydrogen-bond acceptors (Lipinski definition) is 4. The van der Waals surface area contributed by atoms with Gasteiger partial charge < -0.3 is 0 Å². The minimum Gasteiger partial charge on any atom is -0.297 e. The lowest BCUT2D eigenvalue weighted by molar-refractivity contribution is 0.612. The Hall–Kier alpha value is -0.920. The second-order valence-electron chi connectivity index (χ2n) is 2.43. The van der Waals surface area contributed by atoms with Gasteiger partial charge in [-0.3, -0.25) is 5.32 Å². The van der Waals surface area contributed by atoms with Gasteiger partial charge in [0.05, 0.1) is 17.3 Å². The summed E-state index contributed by atoms with van der Waals surface area (Å²) in [6.45, 7) is 2.93. The molecule has 1 aromatic heterocycles. The minimum absolute atomic E-state index is 0.240. The number of hydrogen-bond donors (Lipinski definition) is 1. The van der Waals surface area contributed by atoms with Crippen molar-refractivity contribution < 1.29 is 0 Å². The molecule has 1 unspecified atom stereocenters. The quantitative estimate of drug-likeness (QED) is 0.769. The number of rotatable bonds is 4. The van der Waals surface area contributed by atoms with Crippen LogP contribution < -0.4 is 5.32 Å². The molecular formula is C8H11N3S. The van der Waals surface area contributed by atoms with E-state index in [1.807, 2.05) is 5.38 Å². The lowest BCUT2D eigenvalue weighted by atomic mass is 10.2. The molecule has 0 spiro atoms. The number of thiazole rings is 1. The zero-order valence-corrected chi connectivity index (χ0v) is 7.77. The Kier molecular flexibility index (Phi) is 3.71. The van der Waals surface area contributed by atoms with Gasteiger partial charge in [0.1, 0.15) is 6.04 Å². The number of nitriles is 1. The van der Waals surface area contributed by atoms with Crippen molar-refractivity contribution in [2.75, 3.05) is 6.54 Å². The standard InChI is InChI=1S/C8H11N3S/c1-2-3-10-7(4-9)8-5-12-6-11-8/h5-7,10H,2-3H2,1H3. The van der Waals surface area contributed by atoms with E-state index in [2.05, 4.69) is 23.3 Å². The molecule has 0 bridgehead atoms. The molecule has 0 aliphatic heterocycles. The molecule has 12 heavy (non-hydrogen) atoms. The fraction of sp³-hybridized carbons (Fsp3) is 0.500. The highest BCUT2D eigenvalue weighted by atomic mass is 32.1. The molecule has 1 rings (SSSR count). The molecular weight excluding hydrogens is 170 g/mol. The van der Waals surface area contributed by atoms with E-state index in [1.165, 1.54) is 11.3 Å². The third kappa shape index (κ3) is 2.29. The summed E-state index contributed by atoms with van der Waals surface area (Å²) in [6, 6.07) is 1.93. The Morgan fingerprint density at radius 2 is 2.67 bits per heavy atom. The van der Waals surface area contributed by atoms with Gasteiger partial charge in [-0.05, 0) is 13.0 Å². The zero-order valence-electron chi connectivity index (χ0n) is 6.95. The van der Waals surface area contributed by atoms with Crippen molar-refractivity contribution in [2.45, 2.75) is 19.4 Å². The number of nitrogens with zero attached hydrogens (tertiary/aromatic N) is 2. The van der Waals surface area contributed by atoms with E-state index in [9.17, 15) is 0 Å². The summed E-state index contributed by atoms with van der Waals surface area (Å²) in [5.41, 5.74) is 2.57. The first-order valence-electron chi connectivity index (χ1n) is 3.89. The smallest absolute Gasteiger partial charge is 0.139 e. The molecule has 1 heterocycles. The maximum Gasteiger partial charge on any atom is 0.139 e. The van der Waals surface area contributed by atoms with Gasteiger partial charge in [-0.25, -0.2) is 4.98 Å². The van der Waals surface area contributed by atoms with Gasteiger partial charge in [0, 0.05) is 5.38 Å². The van der Waals surface area contributed by atoms with Crippen molar-refractivity contribution in [1.82, 2.24) is 10.3 Å². The molecule has 0 aliphatic carbocycles. The third-order valence-corrected chi connectivity index (χ3v) is 2.08. The van der Waals surface area contributed by atoms with E-state index in [0.29, 0.717) is 0 Å². The van der Waals surface area contributed by atoms with E-state index in [1.54, 1.807) is 5.51 Å². The van der Waals surface area contributed by atoms with E-state index in [-0.39, 0.29) is 6.04 Å². The van der Waals surface area contributed by atoms with Crippen LogP contribution in [0.5, 0.6) is 0 Å². The van der Waals surface area contributed by atoms with Crippen LogP contribution in [0.3, 0.4) is 0 Å². The lowest BCUT2D eigenvalue weighted by Gasteiger charge is -2.06. The summed E-state index contributed by atoms with van der Waals surface area (Å²) < 4.78 is 0. The first-order chi connectivity index (χ1) is 5.88. The molecule has 0 saturated carbocycles. The van der Waals surface area contributed by atoms with Gasteiger partial charge in [0.2, 0.25) is 0 Å². The van der Waals surface area contributed by atoms with Crippen molar-refractivity contribution in [1.29, 1.82) is 5.26 Å². The summed E-state index contributed by atoms with van der Waals surface area (Å²) in [5.74, 6) is 0. The van der Waals surface area contributed by atoms with Crippen molar-refractivity contribution in [3.63, 3.8) is 0 Å². The summed E-state index contributed by atoms with van der Waals surface area (Å²) in [7, 11) is 0. The van der Waals surface area contributed by atoms with Crippen molar-refractivity contribution in [3.8, 4) is 6.07 Å². The normalized spacial score (nSPS) is 12.3. The molecule has 4 heteroatoms. The first kappa shape index (κ1) is 9.17. The molecule has 0 saturated heterocycles. The van der Waals surface area contributed by atoms with Crippen LogP contribution in [0.4, 0.5) is 0 Å². The van der Waals surface area contributed by atoms with Gasteiger partial charge >= 0.3 is 0 Å². The summed E-state index contributed by atoms with van der Waals surface area (Å²) in [6.07, 6.45) is 1.03. The van der Waals surface area contributed by atoms with Crippen LogP contribution in [0.1, 0.15) is 25.1 Å². The molecule has 0 radical (unpaired) electrons. The molecule has 64 valence electrons. The van der Waals surface area contributed by atoms with Gasteiger partial charge in [-0.1, -0.05) is 6.92 Å². The fourth-order valence-corrected chi connectivity index (χ4v) is 1.45. The lowest BCUT2D eigenvalue weighted by Crippen LogP contribution is -2.20. The molecule has 0 fully saturated rings. The Morgan fingerprint density at radius 3 is 3.17 bits per heavy atom. The Bertz CT molecular complexity index is 250. The maximum atomic E-state index is 8.78. The van der Waals surface area contributed by atoms with Crippen molar-refractivity contribution in [2.24, 2.45) is 0 Å². The monoisotopic (exact) mass is 181 g/mol. The zero-order chi connectivity index (χ0) is 8.81. The average Bonchev–Trinajstić information content (AvgIpc) is 2.59. The predicted octanol–water partition coefficient (Wildman–Crippen LogP) is 1.71. The van der Waals surface area contributed by atoms with E-state index < -0.39 is 0 Å². The van der Waals surface area contributed by atoms with Gasteiger partial charge in [0.15, 0.2) is 0 Å². The molecule has 0 aliphatic rings. The molecule has 0 aromatic carbocycles. The number of aromatic nitrogens is 1. The van der Waals surface area contributed by atoms with Crippen molar-refractivity contribution >= 4 is 11.3 Å². The predicted molar refractivity (Wildman–Crippen MR) is 48.8 cm³/mol. The van der Waals surface area contributed by atoms with Crippen LogP contribution in [-0.2, 0) is 0 Å². The highest BCUT2D eigenvalue weighted by molar-refractivity contribution is 7.07. The topological polar surface area (TPSA) is 48.7 Å². The Balaban J connectivity index is 2.53. The minimum atomic E-state index is -0.240. The van der Waals surface area contributed by atoms with Gasteiger partial charge in [-0.15, -0.1) is 11.3 Å². The first-order valence-corrected chi connectivity index (χ1v) is 4.83. The van der Waals surface area contributed by atoms with Gasteiger partial charge in [-0.2, -0.15) is 5.26 Å². The second-order valence-corrected chi connectivity index (χ2v) is 3.15. The molecule has 1 aromatic rings. The van der Waals surface area contributed by atoms with Gasteiger partial charge in [0.25, 0.3) is 0 Å².